The Bertz CT molecular complexity index is 991. The first-order valence-electron chi connectivity index (χ1n) is 9.78. The molecule has 0 spiro atoms. The molecule has 138 valence electrons. The highest BCUT2D eigenvalue weighted by Gasteiger charge is 2.38. The van der Waals surface area contributed by atoms with Gasteiger partial charge in [0.1, 0.15) is 0 Å². The lowest BCUT2D eigenvalue weighted by molar-refractivity contribution is 0.0777. The Kier molecular flexibility index (Phi) is 3.92. The van der Waals surface area contributed by atoms with E-state index in [1.165, 1.54) is 25.7 Å². The summed E-state index contributed by atoms with van der Waals surface area (Å²) >= 11 is 0. The zero-order valence-corrected chi connectivity index (χ0v) is 15.5. The molecular weight excluding hydrogens is 338 g/mol. The molecule has 27 heavy (non-hydrogen) atoms. The lowest BCUT2D eigenvalue weighted by Crippen LogP contribution is -2.30. The van der Waals surface area contributed by atoms with Gasteiger partial charge in [0, 0.05) is 24.7 Å². The molecule has 0 bridgehead atoms. The Labute approximate surface area is 158 Å². The molecule has 3 heterocycles. The molecule has 3 aromatic rings. The van der Waals surface area contributed by atoms with Crippen molar-refractivity contribution in [1.29, 1.82) is 0 Å². The molecule has 0 radical (unpaired) electrons. The average Bonchev–Trinajstić information content (AvgIpc) is 3.30. The number of para-hydroxylation sites is 1. The number of likely N-dealkylation sites (tertiary alicyclic amines) is 1. The van der Waals surface area contributed by atoms with Crippen LogP contribution in [0.1, 0.15) is 41.9 Å². The highest BCUT2D eigenvalue weighted by Crippen LogP contribution is 2.36. The minimum absolute atomic E-state index is 0.0151. The molecular formula is C21H23N5O. The van der Waals surface area contributed by atoms with Gasteiger partial charge < -0.3 is 4.90 Å². The number of nitrogens with zero attached hydrogens (tertiary/aromatic N) is 5. The Balaban J connectivity index is 1.47. The molecule has 2 fully saturated rings. The molecule has 2 aromatic heterocycles. The van der Waals surface area contributed by atoms with Gasteiger partial charge in [-0.2, -0.15) is 0 Å². The van der Waals surface area contributed by atoms with Gasteiger partial charge in [-0.25, -0.2) is 4.68 Å². The molecule has 2 aliphatic rings. The van der Waals surface area contributed by atoms with Crippen LogP contribution >= 0.6 is 0 Å². The van der Waals surface area contributed by atoms with E-state index in [4.69, 9.17) is 0 Å². The van der Waals surface area contributed by atoms with E-state index in [0.717, 1.165) is 35.4 Å². The summed E-state index contributed by atoms with van der Waals surface area (Å²) in [5, 5.41) is 9.60. The van der Waals surface area contributed by atoms with Gasteiger partial charge in [-0.05, 0) is 43.7 Å². The van der Waals surface area contributed by atoms with Crippen LogP contribution in [0, 0.1) is 18.8 Å². The van der Waals surface area contributed by atoms with E-state index in [9.17, 15) is 4.79 Å². The van der Waals surface area contributed by atoms with E-state index in [-0.39, 0.29) is 5.91 Å². The topological polar surface area (TPSA) is 63.9 Å². The third kappa shape index (κ3) is 2.71. The molecule has 1 aliphatic carbocycles. The van der Waals surface area contributed by atoms with Crippen LogP contribution in [-0.4, -0.2) is 43.9 Å². The van der Waals surface area contributed by atoms with Gasteiger partial charge in [-0.1, -0.05) is 36.3 Å². The van der Waals surface area contributed by atoms with Crippen molar-refractivity contribution in [2.24, 2.45) is 11.8 Å². The fourth-order valence-corrected chi connectivity index (χ4v) is 4.74. The summed E-state index contributed by atoms with van der Waals surface area (Å²) in [4.78, 5) is 19.6. The summed E-state index contributed by atoms with van der Waals surface area (Å²) in [5.41, 5.74) is 2.95. The molecule has 6 nitrogen and oxygen atoms in total. The molecule has 1 aromatic carbocycles. The number of aromatic nitrogens is 4. The van der Waals surface area contributed by atoms with Crippen molar-refractivity contribution < 1.29 is 4.79 Å². The molecule has 2 unspecified atom stereocenters. The predicted molar refractivity (Wildman–Crippen MR) is 103 cm³/mol. The maximum atomic E-state index is 13.1. The zero-order chi connectivity index (χ0) is 18.4. The Morgan fingerprint density at radius 1 is 1.07 bits per heavy atom. The SMILES string of the molecule is Cc1c(C(=O)N2CC3CCCCC3C2)nnn1-c1cccc2cccnc12. The number of pyridine rings is 1. The zero-order valence-electron chi connectivity index (χ0n) is 15.5. The van der Waals surface area contributed by atoms with E-state index >= 15 is 0 Å². The predicted octanol–water partition coefficient (Wildman–Crippen LogP) is 3.39. The molecule has 1 amide bonds. The second kappa shape index (κ2) is 6.44. The Hall–Kier alpha value is -2.76. The summed E-state index contributed by atoms with van der Waals surface area (Å²) in [6.07, 6.45) is 6.87. The minimum Gasteiger partial charge on any atom is -0.337 e. The van der Waals surface area contributed by atoms with E-state index in [0.29, 0.717) is 17.5 Å². The first-order chi connectivity index (χ1) is 13.2. The van der Waals surface area contributed by atoms with Crippen LogP contribution in [0.15, 0.2) is 36.5 Å². The van der Waals surface area contributed by atoms with E-state index in [2.05, 4.69) is 15.3 Å². The second-order valence-corrected chi connectivity index (χ2v) is 7.80. The third-order valence-electron chi connectivity index (χ3n) is 6.20. The van der Waals surface area contributed by atoms with Crippen molar-refractivity contribution in [3.05, 3.63) is 47.9 Å². The van der Waals surface area contributed by atoms with Crippen LogP contribution in [0.4, 0.5) is 0 Å². The number of carbonyl (C=O) groups is 1. The highest BCUT2D eigenvalue weighted by molar-refractivity contribution is 5.94. The molecule has 6 heteroatoms. The van der Waals surface area contributed by atoms with Crippen LogP contribution in [0.5, 0.6) is 0 Å². The lowest BCUT2D eigenvalue weighted by atomic mass is 9.82. The van der Waals surface area contributed by atoms with E-state index in [1.54, 1.807) is 10.9 Å². The van der Waals surface area contributed by atoms with Crippen molar-refractivity contribution in [3.63, 3.8) is 0 Å². The fourth-order valence-electron chi connectivity index (χ4n) is 4.74. The maximum absolute atomic E-state index is 13.1. The summed E-state index contributed by atoms with van der Waals surface area (Å²) in [7, 11) is 0. The van der Waals surface area contributed by atoms with Crippen LogP contribution in [0.25, 0.3) is 16.6 Å². The normalized spacial score (nSPS) is 22.2. The Morgan fingerprint density at radius 2 is 1.81 bits per heavy atom. The van der Waals surface area contributed by atoms with Crippen molar-refractivity contribution in [2.45, 2.75) is 32.6 Å². The summed E-state index contributed by atoms with van der Waals surface area (Å²) in [6.45, 7) is 3.65. The molecule has 0 N–H and O–H groups in total. The number of carbonyl (C=O) groups excluding carboxylic acids is 1. The summed E-state index contributed by atoms with van der Waals surface area (Å²) in [5.74, 6) is 1.35. The molecule has 2 atom stereocenters. The Morgan fingerprint density at radius 3 is 2.59 bits per heavy atom. The van der Waals surface area contributed by atoms with Crippen LogP contribution in [0.3, 0.4) is 0 Å². The van der Waals surface area contributed by atoms with Gasteiger partial charge in [-0.3, -0.25) is 9.78 Å². The second-order valence-electron chi connectivity index (χ2n) is 7.80. The van der Waals surface area contributed by atoms with E-state index < -0.39 is 0 Å². The van der Waals surface area contributed by atoms with E-state index in [1.807, 2.05) is 42.2 Å². The number of fused-ring (bicyclic) bond motifs is 2. The maximum Gasteiger partial charge on any atom is 0.276 e. The van der Waals surface area contributed by atoms with Crippen molar-refractivity contribution in [1.82, 2.24) is 24.9 Å². The van der Waals surface area contributed by atoms with Crippen molar-refractivity contribution in [2.75, 3.05) is 13.1 Å². The largest absolute Gasteiger partial charge is 0.337 e. The summed E-state index contributed by atoms with van der Waals surface area (Å²) in [6, 6.07) is 9.91. The quantitative estimate of drug-likeness (QED) is 0.702. The molecule has 5 rings (SSSR count). The van der Waals surface area contributed by atoms with Crippen LogP contribution in [-0.2, 0) is 0 Å². The fraction of sp³-hybridized carbons (Fsp3) is 0.429. The van der Waals surface area contributed by atoms with Crippen molar-refractivity contribution >= 4 is 16.8 Å². The third-order valence-corrected chi connectivity index (χ3v) is 6.20. The monoisotopic (exact) mass is 361 g/mol. The molecule has 1 aliphatic heterocycles. The van der Waals surface area contributed by atoms with Crippen molar-refractivity contribution in [3.8, 4) is 5.69 Å². The number of rotatable bonds is 2. The van der Waals surface area contributed by atoms with Gasteiger partial charge in [-0.15, -0.1) is 5.10 Å². The smallest absolute Gasteiger partial charge is 0.276 e. The van der Waals surface area contributed by atoms with Gasteiger partial charge in [0.2, 0.25) is 0 Å². The van der Waals surface area contributed by atoms with Gasteiger partial charge in [0.25, 0.3) is 5.91 Å². The van der Waals surface area contributed by atoms with Crippen LogP contribution in [0.2, 0.25) is 0 Å². The number of hydrogen-bond donors (Lipinski definition) is 0. The van der Waals surface area contributed by atoms with Gasteiger partial charge in [0.15, 0.2) is 5.69 Å². The first kappa shape index (κ1) is 16.4. The highest BCUT2D eigenvalue weighted by atomic mass is 16.2. The number of benzene rings is 1. The summed E-state index contributed by atoms with van der Waals surface area (Å²) < 4.78 is 1.74. The average molecular weight is 361 g/mol. The van der Waals surface area contributed by atoms with Gasteiger partial charge in [0.05, 0.1) is 16.9 Å². The molecule has 1 saturated heterocycles. The minimum atomic E-state index is 0.0151. The first-order valence-corrected chi connectivity index (χ1v) is 9.78. The number of hydrogen-bond acceptors (Lipinski definition) is 4. The standard InChI is InChI=1S/C21H23N5O/c1-14-19(21(27)25-12-16-6-2-3-7-17(16)13-25)23-24-26(14)18-10-4-8-15-9-5-11-22-20(15)18/h4-5,8-11,16-17H,2-3,6-7,12-13H2,1H3. The van der Waals surface area contributed by atoms with Crippen LogP contribution < -0.4 is 0 Å². The number of amides is 1. The lowest BCUT2D eigenvalue weighted by Gasteiger charge is -2.22. The molecule has 1 saturated carbocycles. The van der Waals surface area contributed by atoms with Gasteiger partial charge >= 0.3 is 0 Å².